The van der Waals surface area contributed by atoms with Crippen LogP contribution in [0.3, 0.4) is 0 Å². The van der Waals surface area contributed by atoms with Gasteiger partial charge in [0.2, 0.25) is 0 Å². The highest BCUT2D eigenvalue weighted by molar-refractivity contribution is 5.73. The van der Waals surface area contributed by atoms with Crippen molar-refractivity contribution in [1.82, 2.24) is 15.0 Å². The van der Waals surface area contributed by atoms with Crippen LogP contribution in [0.5, 0.6) is 0 Å². The molecule has 0 aliphatic carbocycles. The van der Waals surface area contributed by atoms with Crippen molar-refractivity contribution >= 4 is 11.0 Å². The number of rotatable bonds is 6. The molecular weight excluding hydrogens is 210 g/mol. The van der Waals surface area contributed by atoms with E-state index in [0.717, 1.165) is 23.5 Å². The first kappa shape index (κ1) is 12.1. The maximum absolute atomic E-state index is 4.26. The summed E-state index contributed by atoms with van der Waals surface area (Å²) in [6.07, 6.45) is 5.09. The normalized spacial score (nSPS) is 13.1. The first-order valence-electron chi connectivity index (χ1n) is 6.63. The highest BCUT2D eigenvalue weighted by atomic mass is 15.4. The Morgan fingerprint density at radius 2 is 2.06 bits per heavy atom. The van der Waals surface area contributed by atoms with E-state index in [1.807, 2.05) is 12.1 Å². The molecule has 0 bridgehead atoms. The van der Waals surface area contributed by atoms with Crippen molar-refractivity contribution in [1.29, 1.82) is 0 Å². The quantitative estimate of drug-likeness (QED) is 0.759. The van der Waals surface area contributed by atoms with Gasteiger partial charge >= 0.3 is 0 Å². The number of unbranched alkanes of at least 4 members (excludes halogenated alkanes) is 1. The van der Waals surface area contributed by atoms with Gasteiger partial charge < -0.3 is 0 Å². The maximum Gasteiger partial charge on any atom is 0.113 e. The average Bonchev–Trinajstić information content (AvgIpc) is 2.78. The summed E-state index contributed by atoms with van der Waals surface area (Å²) in [4.78, 5) is 0. The van der Waals surface area contributed by atoms with E-state index in [4.69, 9.17) is 0 Å². The lowest BCUT2D eigenvalue weighted by atomic mass is 9.99. The number of benzene rings is 1. The number of hydrogen-bond donors (Lipinski definition) is 0. The van der Waals surface area contributed by atoms with Crippen LogP contribution in [0.2, 0.25) is 0 Å². The van der Waals surface area contributed by atoms with Crippen LogP contribution < -0.4 is 0 Å². The largest absolute Gasteiger partial charge is 0.244 e. The van der Waals surface area contributed by atoms with Gasteiger partial charge in [-0.15, -0.1) is 5.10 Å². The molecule has 0 saturated heterocycles. The fourth-order valence-corrected chi connectivity index (χ4v) is 2.21. The van der Waals surface area contributed by atoms with Gasteiger partial charge in [0.05, 0.1) is 5.52 Å². The Labute approximate surface area is 103 Å². The van der Waals surface area contributed by atoms with E-state index in [-0.39, 0.29) is 0 Å². The van der Waals surface area contributed by atoms with Crippen molar-refractivity contribution in [3.05, 3.63) is 24.3 Å². The molecule has 0 N–H and O–H groups in total. The summed E-state index contributed by atoms with van der Waals surface area (Å²) >= 11 is 0. The predicted molar refractivity (Wildman–Crippen MR) is 70.8 cm³/mol. The number of nitrogens with zero attached hydrogens (tertiary/aromatic N) is 3. The van der Waals surface area contributed by atoms with Crippen molar-refractivity contribution in [2.45, 2.75) is 46.1 Å². The van der Waals surface area contributed by atoms with Crippen molar-refractivity contribution in [3.8, 4) is 0 Å². The van der Waals surface area contributed by atoms with Crippen LogP contribution in [-0.2, 0) is 6.54 Å². The first-order valence-corrected chi connectivity index (χ1v) is 6.63. The lowest BCUT2D eigenvalue weighted by Gasteiger charge is -2.14. The Morgan fingerprint density at radius 1 is 1.24 bits per heavy atom. The molecule has 0 radical (unpaired) electrons. The summed E-state index contributed by atoms with van der Waals surface area (Å²) in [7, 11) is 0. The van der Waals surface area contributed by atoms with E-state index in [1.165, 1.54) is 25.7 Å². The molecule has 0 spiro atoms. The van der Waals surface area contributed by atoms with E-state index in [2.05, 4.69) is 41.0 Å². The molecule has 1 aromatic heterocycles. The number of hydrogen-bond acceptors (Lipinski definition) is 2. The molecule has 1 atom stereocenters. The Bertz CT molecular complexity index is 461. The van der Waals surface area contributed by atoms with E-state index < -0.39 is 0 Å². The Hall–Kier alpha value is -1.38. The van der Waals surface area contributed by atoms with Crippen LogP contribution in [0.15, 0.2) is 24.3 Å². The topological polar surface area (TPSA) is 30.7 Å². The van der Waals surface area contributed by atoms with Crippen LogP contribution in [0.1, 0.15) is 39.5 Å². The van der Waals surface area contributed by atoms with Crippen molar-refractivity contribution in [2.24, 2.45) is 5.92 Å². The lowest BCUT2D eigenvalue weighted by Crippen LogP contribution is -2.11. The second-order valence-corrected chi connectivity index (χ2v) is 4.68. The summed E-state index contributed by atoms with van der Waals surface area (Å²) in [5, 5.41) is 8.46. The molecule has 2 rings (SSSR count). The van der Waals surface area contributed by atoms with Gasteiger partial charge in [0, 0.05) is 6.54 Å². The molecule has 1 heterocycles. The Morgan fingerprint density at radius 3 is 2.82 bits per heavy atom. The SMILES string of the molecule is CCCCC(CC)Cn1nnc2ccccc21. The maximum atomic E-state index is 4.26. The van der Waals surface area contributed by atoms with Crippen LogP contribution in [0.4, 0.5) is 0 Å². The fraction of sp³-hybridized carbons (Fsp3) is 0.571. The smallest absolute Gasteiger partial charge is 0.113 e. The van der Waals surface area contributed by atoms with Crippen molar-refractivity contribution in [3.63, 3.8) is 0 Å². The van der Waals surface area contributed by atoms with Crippen LogP contribution in [0.25, 0.3) is 11.0 Å². The van der Waals surface area contributed by atoms with Crippen LogP contribution in [-0.4, -0.2) is 15.0 Å². The molecule has 3 nitrogen and oxygen atoms in total. The summed E-state index contributed by atoms with van der Waals surface area (Å²) < 4.78 is 2.05. The standard InChI is InChI=1S/C14H21N3/c1-3-5-8-12(4-2)11-17-14-10-7-6-9-13(14)15-16-17/h6-7,9-10,12H,3-5,8,11H2,1-2H3. The third-order valence-electron chi connectivity index (χ3n) is 3.39. The van der Waals surface area contributed by atoms with E-state index >= 15 is 0 Å². The van der Waals surface area contributed by atoms with Gasteiger partial charge in [-0.1, -0.05) is 50.5 Å². The highest BCUT2D eigenvalue weighted by Crippen LogP contribution is 2.17. The van der Waals surface area contributed by atoms with Crippen LogP contribution in [0, 0.1) is 5.92 Å². The number of aromatic nitrogens is 3. The zero-order valence-electron chi connectivity index (χ0n) is 10.8. The molecule has 3 heteroatoms. The second kappa shape index (κ2) is 5.80. The molecule has 1 unspecified atom stereocenters. The molecule has 2 aromatic rings. The molecule has 0 amide bonds. The first-order chi connectivity index (χ1) is 8.35. The van der Waals surface area contributed by atoms with E-state index in [9.17, 15) is 0 Å². The highest BCUT2D eigenvalue weighted by Gasteiger charge is 2.10. The lowest BCUT2D eigenvalue weighted by molar-refractivity contribution is 0.373. The van der Waals surface area contributed by atoms with Crippen molar-refractivity contribution in [2.75, 3.05) is 0 Å². The predicted octanol–water partition coefficient (Wildman–Crippen LogP) is 3.65. The zero-order valence-corrected chi connectivity index (χ0v) is 10.8. The van der Waals surface area contributed by atoms with Gasteiger partial charge in [0.1, 0.15) is 5.52 Å². The van der Waals surface area contributed by atoms with Gasteiger partial charge in [-0.2, -0.15) is 0 Å². The molecule has 0 fully saturated rings. The minimum atomic E-state index is 0.722. The average molecular weight is 231 g/mol. The molecule has 0 aliphatic rings. The summed E-state index contributed by atoms with van der Waals surface area (Å²) in [6, 6.07) is 8.18. The Kier molecular flexibility index (Phi) is 4.13. The second-order valence-electron chi connectivity index (χ2n) is 4.68. The third-order valence-corrected chi connectivity index (χ3v) is 3.39. The minimum absolute atomic E-state index is 0.722. The molecular formula is C14H21N3. The number of para-hydroxylation sites is 1. The molecule has 1 aromatic carbocycles. The molecule has 17 heavy (non-hydrogen) atoms. The summed E-state index contributed by atoms with van der Waals surface area (Å²) in [5.41, 5.74) is 2.15. The fourth-order valence-electron chi connectivity index (χ4n) is 2.21. The summed E-state index contributed by atoms with van der Waals surface area (Å²) in [5.74, 6) is 0.722. The van der Waals surface area contributed by atoms with E-state index in [0.29, 0.717) is 0 Å². The van der Waals surface area contributed by atoms with Gasteiger partial charge in [-0.25, -0.2) is 4.68 Å². The third kappa shape index (κ3) is 2.84. The van der Waals surface area contributed by atoms with Gasteiger partial charge in [-0.05, 0) is 24.5 Å². The van der Waals surface area contributed by atoms with Gasteiger partial charge in [-0.3, -0.25) is 0 Å². The van der Waals surface area contributed by atoms with Crippen LogP contribution >= 0.6 is 0 Å². The molecule has 0 saturated carbocycles. The Balaban J connectivity index is 2.11. The molecule has 0 aliphatic heterocycles. The van der Waals surface area contributed by atoms with E-state index in [1.54, 1.807) is 0 Å². The summed E-state index contributed by atoms with van der Waals surface area (Å²) in [6.45, 7) is 5.51. The van der Waals surface area contributed by atoms with Gasteiger partial charge in [0.15, 0.2) is 0 Å². The monoisotopic (exact) mass is 231 g/mol. The van der Waals surface area contributed by atoms with Gasteiger partial charge in [0.25, 0.3) is 0 Å². The minimum Gasteiger partial charge on any atom is -0.244 e. The zero-order chi connectivity index (χ0) is 12.1. The molecule has 92 valence electrons. The number of fused-ring (bicyclic) bond motifs is 1. The van der Waals surface area contributed by atoms with Crippen molar-refractivity contribution < 1.29 is 0 Å².